The Morgan fingerprint density at radius 1 is 1.38 bits per heavy atom. The Balaban J connectivity index is 2.86. The summed E-state index contributed by atoms with van der Waals surface area (Å²) in [6.45, 7) is 3.36. The first-order valence-electron chi connectivity index (χ1n) is 6.16. The van der Waals surface area contributed by atoms with E-state index in [1.54, 1.807) is 13.8 Å². The van der Waals surface area contributed by atoms with Crippen molar-refractivity contribution in [2.45, 2.75) is 25.8 Å². The summed E-state index contributed by atoms with van der Waals surface area (Å²) in [5, 5.41) is 11.2. The van der Waals surface area contributed by atoms with Crippen molar-refractivity contribution in [3.05, 3.63) is 35.7 Å². The molecule has 0 saturated heterocycles. The number of nitrogens with zero attached hydrogens (tertiary/aromatic N) is 1. The lowest BCUT2D eigenvalue weighted by molar-refractivity contribution is -0.131. The monoisotopic (exact) mass is 291 g/mol. The number of primary amides is 1. The zero-order valence-electron chi connectivity index (χ0n) is 11.8. The van der Waals surface area contributed by atoms with Gasteiger partial charge >= 0.3 is 5.97 Å². The van der Waals surface area contributed by atoms with E-state index in [4.69, 9.17) is 10.8 Å². The zero-order chi connectivity index (χ0) is 16.0. The molecule has 0 aliphatic carbocycles. The van der Waals surface area contributed by atoms with Crippen molar-refractivity contribution in [1.82, 2.24) is 10.3 Å². The van der Waals surface area contributed by atoms with E-state index in [-0.39, 0.29) is 12.0 Å². The van der Waals surface area contributed by atoms with E-state index in [1.165, 1.54) is 24.5 Å². The molecule has 21 heavy (non-hydrogen) atoms. The molecule has 7 nitrogen and oxygen atoms in total. The molecule has 2 amide bonds. The van der Waals surface area contributed by atoms with Crippen molar-refractivity contribution in [1.29, 1.82) is 0 Å². The van der Waals surface area contributed by atoms with Gasteiger partial charge in [-0.25, -0.2) is 4.79 Å². The zero-order valence-corrected chi connectivity index (χ0v) is 11.8. The number of aliphatic carboxylic acids is 1. The maximum atomic E-state index is 12.1. The molecule has 7 heteroatoms. The second kappa shape index (κ2) is 6.65. The first-order chi connectivity index (χ1) is 9.69. The third-order valence-electron chi connectivity index (χ3n) is 2.51. The van der Waals surface area contributed by atoms with Gasteiger partial charge in [-0.1, -0.05) is 0 Å². The SMILES string of the molecule is CC(C)(CC(N)=O)NC(=O)c1cncc(/C=C/C(=O)O)c1. The number of carbonyl (C=O) groups excluding carboxylic acids is 2. The largest absolute Gasteiger partial charge is 0.478 e. The van der Waals surface area contributed by atoms with Crippen molar-refractivity contribution in [2.24, 2.45) is 5.73 Å². The Morgan fingerprint density at radius 2 is 2.05 bits per heavy atom. The molecule has 4 N–H and O–H groups in total. The first-order valence-corrected chi connectivity index (χ1v) is 6.16. The molecule has 0 unspecified atom stereocenters. The van der Waals surface area contributed by atoms with Crippen LogP contribution in [0.4, 0.5) is 0 Å². The van der Waals surface area contributed by atoms with Crippen LogP contribution in [0.25, 0.3) is 6.08 Å². The second-order valence-electron chi connectivity index (χ2n) is 5.16. The molecule has 1 heterocycles. The topological polar surface area (TPSA) is 122 Å². The fourth-order valence-electron chi connectivity index (χ4n) is 1.70. The highest BCUT2D eigenvalue weighted by molar-refractivity contribution is 5.95. The van der Waals surface area contributed by atoms with Crippen LogP contribution in [0, 0.1) is 0 Å². The van der Waals surface area contributed by atoms with Gasteiger partial charge in [0, 0.05) is 30.4 Å². The van der Waals surface area contributed by atoms with Crippen molar-refractivity contribution >= 4 is 23.9 Å². The van der Waals surface area contributed by atoms with Gasteiger partial charge in [-0.15, -0.1) is 0 Å². The second-order valence-corrected chi connectivity index (χ2v) is 5.16. The fraction of sp³-hybridized carbons (Fsp3) is 0.286. The molecule has 0 aliphatic rings. The summed E-state index contributed by atoms with van der Waals surface area (Å²) in [6.07, 6.45) is 5.08. The third-order valence-corrected chi connectivity index (χ3v) is 2.51. The summed E-state index contributed by atoms with van der Waals surface area (Å²) in [4.78, 5) is 37.3. The van der Waals surface area contributed by atoms with Gasteiger partial charge in [0.25, 0.3) is 5.91 Å². The van der Waals surface area contributed by atoms with Crippen LogP contribution in [0.3, 0.4) is 0 Å². The van der Waals surface area contributed by atoms with Crippen LogP contribution in [-0.4, -0.2) is 33.4 Å². The number of hydrogen-bond acceptors (Lipinski definition) is 4. The normalized spacial score (nSPS) is 11.3. The average molecular weight is 291 g/mol. The summed E-state index contributed by atoms with van der Waals surface area (Å²) in [6, 6.07) is 1.50. The minimum absolute atomic E-state index is 0.00474. The van der Waals surface area contributed by atoms with Crippen molar-refractivity contribution in [3.63, 3.8) is 0 Å². The standard InChI is InChI=1S/C14H17N3O4/c1-14(2,6-11(15)18)17-13(21)10-5-9(7-16-8-10)3-4-12(19)20/h3-5,7-8H,6H2,1-2H3,(H2,15,18)(H,17,21)(H,19,20)/b4-3+. The highest BCUT2D eigenvalue weighted by Gasteiger charge is 2.23. The highest BCUT2D eigenvalue weighted by atomic mass is 16.4. The summed E-state index contributed by atoms with van der Waals surface area (Å²) >= 11 is 0. The number of carboxylic acids is 1. The van der Waals surface area contributed by atoms with E-state index in [9.17, 15) is 14.4 Å². The molecule has 0 aromatic carbocycles. The van der Waals surface area contributed by atoms with E-state index in [1.807, 2.05) is 0 Å². The fourth-order valence-corrected chi connectivity index (χ4v) is 1.70. The average Bonchev–Trinajstić information content (AvgIpc) is 2.34. The molecule has 1 aromatic heterocycles. The number of carbonyl (C=O) groups is 3. The van der Waals surface area contributed by atoms with Crippen LogP contribution < -0.4 is 11.1 Å². The van der Waals surface area contributed by atoms with Crippen LogP contribution in [0.5, 0.6) is 0 Å². The quantitative estimate of drug-likeness (QED) is 0.661. The minimum atomic E-state index is -1.09. The van der Waals surface area contributed by atoms with Gasteiger partial charge in [0.05, 0.1) is 5.56 Å². The Kier molecular flexibility index (Phi) is 5.18. The molecule has 0 spiro atoms. The lowest BCUT2D eigenvalue weighted by Crippen LogP contribution is -2.46. The summed E-state index contributed by atoms with van der Waals surface area (Å²) in [5.41, 5.74) is 5.08. The molecule has 0 saturated carbocycles. The molecule has 112 valence electrons. The third kappa shape index (κ3) is 5.85. The summed E-state index contributed by atoms with van der Waals surface area (Å²) < 4.78 is 0. The Hall–Kier alpha value is -2.70. The summed E-state index contributed by atoms with van der Waals surface area (Å²) in [7, 11) is 0. The molecular weight excluding hydrogens is 274 g/mol. The number of aromatic nitrogens is 1. The number of pyridine rings is 1. The predicted octanol–water partition coefficient (Wildman–Crippen LogP) is 0.563. The lowest BCUT2D eigenvalue weighted by atomic mass is 9.99. The maximum Gasteiger partial charge on any atom is 0.328 e. The Bertz CT molecular complexity index is 594. The van der Waals surface area contributed by atoms with E-state index in [0.717, 1.165) is 6.08 Å². The Morgan fingerprint density at radius 3 is 2.62 bits per heavy atom. The molecule has 1 rings (SSSR count). The van der Waals surface area contributed by atoms with Gasteiger partial charge in [0.2, 0.25) is 5.91 Å². The number of carboxylic acid groups (broad SMARTS) is 1. The number of nitrogens with one attached hydrogen (secondary N) is 1. The molecule has 0 fully saturated rings. The van der Waals surface area contributed by atoms with E-state index in [2.05, 4.69) is 10.3 Å². The molecule has 0 bridgehead atoms. The van der Waals surface area contributed by atoms with Crippen LogP contribution in [0.1, 0.15) is 36.2 Å². The Labute approximate surface area is 121 Å². The van der Waals surface area contributed by atoms with Gasteiger partial charge in [-0.2, -0.15) is 0 Å². The van der Waals surface area contributed by atoms with E-state index < -0.39 is 23.3 Å². The molecule has 0 atom stereocenters. The van der Waals surface area contributed by atoms with Crippen LogP contribution in [0.2, 0.25) is 0 Å². The van der Waals surface area contributed by atoms with E-state index >= 15 is 0 Å². The van der Waals surface area contributed by atoms with Crippen LogP contribution in [-0.2, 0) is 9.59 Å². The molecular formula is C14H17N3O4. The van der Waals surface area contributed by atoms with Gasteiger partial charge in [-0.3, -0.25) is 14.6 Å². The summed E-state index contributed by atoms with van der Waals surface area (Å²) in [5.74, 6) is -2.02. The number of amides is 2. The lowest BCUT2D eigenvalue weighted by Gasteiger charge is -2.24. The van der Waals surface area contributed by atoms with Gasteiger partial charge < -0.3 is 16.2 Å². The first kappa shape index (κ1) is 16.4. The molecule has 0 aliphatic heterocycles. The van der Waals surface area contributed by atoms with Crippen molar-refractivity contribution < 1.29 is 19.5 Å². The molecule has 0 radical (unpaired) electrons. The van der Waals surface area contributed by atoms with Crippen molar-refractivity contribution in [2.75, 3.05) is 0 Å². The van der Waals surface area contributed by atoms with Crippen LogP contribution >= 0.6 is 0 Å². The van der Waals surface area contributed by atoms with Crippen molar-refractivity contribution in [3.8, 4) is 0 Å². The van der Waals surface area contributed by atoms with Gasteiger partial charge in [0.1, 0.15) is 0 Å². The number of rotatable bonds is 6. The predicted molar refractivity (Wildman–Crippen MR) is 76.3 cm³/mol. The van der Waals surface area contributed by atoms with Crippen LogP contribution in [0.15, 0.2) is 24.5 Å². The molecule has 1 aromatic rings. The maximum absolute atomic E-state index is 12.1. The van der Waals surface area contributed by atoms with Gasteiger partial charge in [0.15, 0.2) is 0 Å². The van der Waals surface area contributed by atoms with Gasteiger partial charge in [-0.05, 0) is 31.6 Å². The highest BCUT2D eigenvalue weighted by Crippen LogP contribution is 2.11. The number of hydrogen-bond donors (Lipinski definition) is 3. The minimum Gasteiger partial charge on any atom is -0.478 e. The smallest absolute Gasteiger partial charge is 0.328 e. The van der Waals surface area contributed by atoms with E-state index in [0.29, 0.717) is 5.56 Å². The number of nitrogens with two attached hydrogens (primary N) is 1.